The molecule has 1 N–H and O–H groups in total. The van der Waals surface area contributed by atoms with E-state index in [1.54, 1.807) is 12.6 Å². The van der Waals surface area contributed by atoms with Crippen LogP contribution in [0, 0.1) is 0 Å². The zero-order valence-corrected chi connectivity index (χ0v) is 9.55. The van der Waals surface area contributed by atoms with Crippen molar-refractivity contribution in [2.45, 2.75) is 33.0 Å². The number of hydrogen-bond donors (Lipinski definition) is 1. The van der Waals surface area contributed by atoms with Crippen molar-refractivity contribution in [3.05, 3.63) is 36.3 Å². The van der Waals surface area contributed by atoms with Gasteiger partial charge in [0.2, 0.25) is 0 Å². The van der Waals surface area contributed by atoms with Crippen LogP contribution < -0.4 is 5.32 Å². The van der Waals surface area contributed by atoms with Gasteiger partial charge in [0.15, 0.2) is 0 Å². The first-order valence-corrected chi connectivity index (χ1v) is 5.39. The fourth-order valence-electron chi connectivity index (χ4n) is 1.54. The Balaban J connectivity index is 1.87. The van der Waals surface area contributed by atoms with Gasteiger partial charge in [0.1, 0.15) is 17.9 Å². The lowest BCUT2D eigenvalue weighted by Gasteiger charge is -2.09. The molecule has 0 fully saturated rings. The molecule has 0 spiro atoms. The normalized spacial score (nSPS) is 11.2. The summed E-state index contributed by atoms with van der Waals surface area (Å²) in [5.74, 6) is 1.87. The molecule has 5 nitrogen and oxygen atoms in total. The Kier molecular flexibility index (Phi) is 3.36. The molecule has 0 amide bonds. The predicted molar refractivity (Wildman–Crippen MR) is 59.7 cm³/mol. The standard InChI is InChI=1S/C11H16N4O/c1-9(2)15-11(13-8-14-15)7-12-6-10-4-3-5-16-10/h3-5,8-9,12H,6-7H2,1-2H3. The van der Waals surface area contributed by atoms with Crippen molar-refractivity contribution in [3.8, 4) is 0 Å². The van der Waals surface area contributed by atoms with Gasteiger partial charge in [0.05, 0.1) is 19.4 Å². The molecule has 0 saturated heterocycles. The van der Waals surface area contributed by atoms with Gasteiger partial charge in [-0.15, -0.1) is 0 Å². The average molecular weight is 220 g/mol. The molecule has 2 heterocycles. The molecule has 0 unspecified atom stereocenters. The molecule has 16 heavy (non-hydrogen) atoms. The van der Waals surface area contributed by atoms with E-state index in [2.05, 4.69) is 29.2 Å². The molecule has 0 aliphatic heterocycles. The van der Waals surface area contributed by atoms with Gasteiger partial charge in [-0.1, -0.05) is 0 Å². The molecule has 0 bridgehead atoms. The summed E-state index contributed by atoms with van der Waals surface area (Å²) in [4.78, 5) is 4.22. The number of nitrogens with one attached hydrogen (secondary N) is 1. The van der Waals surface area contributed by atoms with E-state index in [4.69, 9.17) is 4.42 Å². The second-order valence-corrected chi connectivity index (χ2v) is 3.90. The second kappa shape index (κ2) is 4.94. The van der Waals surface area contributed by atoms with Crippen molar-refractivity contribution in [1.82, 2.24) is 20.1 Å². The van der Waals surface area contributed by atoms with Crippen molar-refractivity contribution < 1.29 is 4.42 Å². The summed E-state index contributed by atoms with van der Waals surface area (Å²) in [6.07, 6.45) is 3.26. The summed E-state index contributed by atoms with van der Waals surface area (Å²) in [5, 5.41) is 7.44. The first-order chi connectivity index (χ1) is 7.77. The van der Waals surface area contributed by atoms with Gasteiger partial charge in [0, 0.05) is 6.04 Å². The zero-order chi connectivity index (χ0) is 11.4. The molecule has 0 saturated carbocycles. The third-order valence-corrected chi connectivity index (χ3v) is 2.30. The van der Waals surface area contributed by atoms with Crippen LogP contribution in [-0.4, -0.2) is 14.8 Å². The molecule has 0 aromatic carbocycles. The summed E-state index contributed by atoms with van der Waals surface area (Å²) in [7, 11) is 0. The first-order valence-electron chi connectivity index (χ1n) is 5.39. The molecule has 0 atom stereocenters. The number of hydrogen-bond acceptors (Lipinski definition) is 4. The fourth-order valence-corrected chi connectivity index (χ4v) is 1.54. The van der Waals surface area contributed by atoms with Crippen LogP contribution in [0.2, 0.25) is 0 Å². The molecule has 0 radical (unpaired) electrons. The minimum absolute atomic E-state index is 0.336. The highest BCUT2D eigenvalue weighted by Gasteiger charge is 2.06. The van der Waals surface area contributed by atoms with E-state index >= 15 is 0 Å². The Hall–Kier alpha value is -1.62. The highest BCUT2D eigenvalue weighted by atomic mass is 16.3. The van der Waals surface area contributed by atoms with Crippen LogP contribution in [0.25, 0.3) is 0 Å². The maximum absolute atomic E-state index is 5.23. The topological polar surface area (TPSA) is 55.9 Å². The molecule has 0 aliphatic rings. The smallest absolute Gasteiger partial charge is 0.141 e. The van der Waals surface area contributed by atoms with Gasteiger partial charge >= 0.3 is 0 Å². The molecule has 86 valence electrons. The number of nitrogens with zero attached hydrogens (tertiary/aromatic N) is 3. The third kappa shape index (κ3) is 2.49. The SMILES string of the molecule is CC(C)n1ncnc1CNCc1ccco1. The Bertz CT molecular complexity index is 419. The summed E-state index contributed by atoms with van der Waals surface area (Å²) in [6, 6.07) is 4.16. The van der Waals surface area contributed by atoms with Gasteiger partial charge in [-0.2, -0.15) is 5.10 Å². The van der Waals surface area contributed by atoms with Gasteiger partial charge in [-0.3, -0.25) is 0 Å². The minimum atomic E-state index is 0.336. The highest BCUT2D eigenvalue weighted by Crippen LogP contribution is 2.05. The molecule has 2 aromatic heterocycles. The van der Waals surface area contributed by atoms with Crippen molar-refractivity contribution in [3.63, 3.8) is 0 Å². The number of rotatable bonds is 5. The molecular formula is C11H16N4O. The van der Waals surface area contributed by atoms with Crippen LogP contribution in [-0.2, 0) is 13.1 Å². The maximum Gasteiger partial charge on any atom is 0.141 e. The van der Waals surface area contributed by atoms with Gasteiger partial charge in [-0.25, -0.2) is 9.67 Å². The van der Waals surface area contributed by atoms with E-state index < -0.39 is 0 Å². The molecular weight excluding hydrogens is 204 g/mol. The molecule has 0 aliphatic carbocycles. The van der Waals surface area contributed by atoms with Crippen molar-refractivity contribution in [2.24, 2.45) is 0 Å². The summed E-state index contributed by atoms with van der Waals surface area (Å²) in [6.45, 7) is 5.58. The van der Waals surface area contributed by atoms with Gasteiger partial charge < -0.3 is 9.73 Å². The van der Waals surface area contributed by atoms with Crippen molar-refractivity contribution in [1.29, 1.82) is 0 Å². The van der Waals surface area contributed by atoms with E-state index in [0.717, 1.165) is 11.6 Å². The lowest BCUT2D eigenvalue weighted by atomic mass is 10.4. The maximum atomic E-state index is 5.23. The van der Waals surface area contributed by atoms with Crippen LogP contribution in [0.1, 0.15) is 31.5 Å². The van der Waals surface area contributed by atoms with E-state index in [1.165, 1.54) is 0 Å². The fraction of sp³-hybridized carbons (Fsp3) is 0.455. The Morgan fingerprint density at radius 2 is 2.31 bits per heavy atom. The second-order valence-electron chi connectivity index (χ2n) is 3.90. The quantitative estimate of drug-likeness (QED) is 0.834. The average Bonchev–Trinajstić information content (AvgIpc) is 2.87. The van der Waals surface area contributed by atoms with Crippen LogP contribution in [0.4, 0.5) is 0 Å². The Morgan fingerprint density at radius 1 is 1.44 bits per heavy atom. The van der Waals surface area contributed by atoms with E-state index in [1.807, 2.05) is 16.8 Å². The van der Waals surface area contributed by atoms with Crippen molar-refractivity contribution in [2.75, 3.05) is 0 Å². The Labute approximate surface area is 94.5 Å². The lowest BCUT2D eigenvalue weighted by Crippen LogP contribution is -2.18. The van der Waals surface area contributed by atoms with Crippen LogP contribution >= 0.6 is 0 Å². The first kappa shape index (κ1) is 10.9. The monoisotopic (exact) mass is 220 g/mol. The van der Waals surface area contributed by atoms with E-state index in [-0.39, 0.29) is 0 Å². The number of aromatic nitrogens is 3. The summed E-state index contributed by atoms with van der Waals surface area (Å²) < 4.78 is 7.14. The zero-order valence-electron chi connectivity index (χ0n) is 9.55. The van der Waals surface area contributed by atoms with Gasteiger partial charge in [-0.05, 0) is 26.0 Å². The summed E-state index contributed by atoms with van der Waals surface area (Å²) >= 11 is 0. The lowest BCUT2D eigenvalue weighted by molar-refractivity contribution is 0.460. The van der Waals surface area contributed by atoms with Crippen molar-refractivity contribution >= 4 is 0 Å². The Morgan fingerprint density at radius 3 is 3.00 bits per heavy atom. The summed E-state index contributed by atoms with van der Waals surface area (Å²) in [5.41, 5.74) is 0. The highest BCUT2D eigenvalue weighted by molar-refractivity contribution is 4.97. The third-order valence-electron chi connectivity index (χ3n) is 2.30. The minimum Gasteiger partial charge on any atom is -0.468 e. The largest absolute Gasteiger partial charge is 0.468 e. The van der Waals surface area contributed by atoms with Crippen LogP contribution in [0.5, 0.6) is 0 Å². The van der Waals surface area contributed by atoms with E-state index in [0.29, 0.717) is 19.1 Å². The van der Waals surface area contributed by atoms with E-state index in [9.17, 15) is 0 Å². The number of furan rings is 1. The molecule has 5 heteroatoms. The van der Waals surface area contributed by atoms with Gasteiger partial charge in [0.25, 0.3) is 0 Å². The predicted octanol–water partition coefficient (Wildman–Crippen LogP) is 1.74. The molecule has 2 aromatic rings. The molecule has 2 rings (SSSR count). The van der Waals surface area contributed by atoms with Crippen LogP contribution in [0.15, 0.2) is 29.1 Å². The van der Waals surface area contributed by atoms with Crippen LogP contribution in [0.3, 0.4) is 0 Å².